The van der Waals surface area contributed by atoms with E-state index in [-0.39, 0.29) is 12.2 Å². The molecule has 4 aromatic rings. The van der Waals surface area contributed by atoms with Crippen LogP contribution < -0.4 is 9.47 Å². The Balaban J connectivity index is 1.25. The van der Waals surface area contributed by atoms with Crippen LogP contribution in [-0.2, 0) is 11.3 Å². The van der Waals surface area contributed by atoms with Crippen molar-refractivity contribution in [2.45, 2.75) is 53.0 Å². The van der Waals surface area contributed by atoms with Crippen LogP contribution in [0.15, 0.2) is 66.9 Å². The van der Waals surface area contributed by atoms with Gasteiger partial charge in [-0.05, 0) is 92.6 Å². The van der Waals surface area contributed by atoms with Gasteiger partial charge in [0, 0.05) is 30.1 Å². The minimum atomic E-state index is -0.764. The molecule has 1 heterocycles. The van der Waals surface area contributed by atoms with E-state index in [4.69, 9.17) is 14.6 Å². The summed E-state index contributed by atoms with van der Waals surface area (Å²) in [4.78, 5) is 22.8. The number of carboxylic acids is 1. The van der Waals surface area contributed by atoms with Gasteiger partial charge in [-0.3, -0.25) is 9.59 Å². The zero-order valence-electron chi connectivity index (χ0n) is 23.5. The van der Waals surface area contributed by atoms with Crippen LogP contribution in [0.4, 0.5) is 0 Å². The first kappa shape index (κ1) is 28.7. The lowest BCUT2D eigenvalue weighted by Gasteiger charge is -2.14. The number of carbonyl (C=O) groups excluding carboxylic acids is 1. The van der Waals surface area contributed by atoms with Gasteiger partial charge in [-0.15, -0.1) is 0 Å². The number of carboxylic acid groups (broad SMARTS) is 1. The Bertz CT molecular complexity index is 1500. The average Bonchev–Trinajstić information content (AvgIpc) is 3.34. The molecule has 40 heavy (non-hydrogen) atoms. The van der Waals surface area contributed by atoms with Gasteiger partial charge in [0.15, 0.2) is 5.78 Å². The summed E-state index contributed by atoms with van der Waals surface area (Å²) in [6, 6.07) is 20.2. The number of hydrogen-bond donors (Lipinski definition) is 1. The SMILES string of the molecule is CC(=O)c1cc(C)cc(C)c1OCCCCOc1ccc(C=Cc2cccc3c2ccn3CCCC(=O)O)cc1. The molecule has 0 saturated carbocycles. The fourth-order valence-corrected chi connectivity index (χ4v) is 4.83. The lowest BCUT2D eigenvalue weighted by molar-refractivity contribution is -0.137. The van der Waals surface area contributed by atoms with Gasteiger partial charge >= 0.3 is 5.97 Å². The normalized spacial score (nSPS) is 11.3. The number of aryl methyl sites for hydroxylation is 3. The van der Waals surface area contributed by atoms with Crippen molar-refractivity contribution in [1.82, 2.24) is 4.57 Å². The first-order valence-electron chi connectivity index (χ1n) is 13.8. The lowest BCUT2D eigenvalue weighted by atomic mass is 10.0. The zero-order valence-corrected chi connectivity index (χ0v) is 23.5. The predicted molar refractivity (Wildman–Crippen MR) is 160 cm³/mol. The van der Waals surface area contributed by atoms with Crippen LogP contribution in [0.2, 0.25) is 0 Å². The van der Waals surface area contributed by atoms with Gasteiger partial charge < -0.3 is 19.1 Å². The first-order chi connectivity index (χ1) is 19.3. The van der Waals surface area contributed by atoms with Crippen LogP contribution in [0.3, 0.4) is 0 Å². The predicted octanol–water partition coefficient (Wildman–Crippen LogP) is 7.73. The molecule has 0 radical (unpaired) electrons. The molecule has 0 aliphatic carbocycles. The molecule has 6 nitrogen and oxygen atoms in total. The fourth-order valence-electron chi connectivity index (χ4n) is 4.83. The van der Waals surface area contributed by atoms with Crippen LogP contribution in [0.25, 0.3) is 23.1 Å². The Hall–Kier alpha value is -4.32. The lowest BCUT2D eigenvalue weighted by Crippen LogP contribution is -2.07. The smallest absolute Gasteiger partial charge is 0.303 e. The number of hydrogen-bond acceptors (Lipinski definition) is 4. The minimum Gasteiger partial charge on any atom is -0.494 e. The summed E-state index contributed by atoms with van der Waals surface area (Å²) in [5, 5.41) is 10.0. The molecule has 0 spiro atoms. The monoisotopic (exact) mass is 539 g/mol. The van der Waals surface area contributed by atoms with Crippen molar-refractivity contribution >= 4 is 34.8 Å². The Labute approximate surface area is 235 Å². The third-order valence-corrected chi connectivity index (χ3v) is 6.82. The highest BCUT2D eigenvalue weighted by atomic mass is 16.5. The molecule has 0 aliphatic rings. The molecule has 0 amide bonds. The molecule has 3 aromatic carbocycles. The summed E-state index contributed by atoms with van der Waals surface area (Å²) >= 11 is 0. The molecule has 0 unspecified atom stereocenters. The molecule has 1 aromatic heterocycles. The van der Waals surface area contributed by atoms with Crippen molar-refractivity contribution in [3.63, 3.8) is 0 Å². The van der Waals surface area contributed by atoms with Gasteiger partial charge in [-0.1, -0.05) is 42.5 Å². The van der Waals surface area contributed by atoms with Gasteiger partial charge in [0.2, 0.25) is 0 Å². The fraction of sp³-hybridized carbons (Fsp3) is 0.294. The topological polar surface area (TPSA) is 77.8 Å². The molecular formula is C34H37NO5. The van der Waals surface area contributed by atoms with Crippen LogP contribution in [0.5, 0.6) is 11.5 Å². The number of aliphatic carboxylic acids is 1. The van der Waals surface area contributed by atoms with E-state index in [1.807, 2.05) is 62.5 Å². The van der Waals surface area contributed by atoms with Gasteiger partial charge in [-0.2, -0.15) is 0 Å². The first-order valence-corrected chi connectivity index (χ1v) is 13.8. The quantitative estimate of drug-likeness (QED) is 0.101. The van der Waals surface area contributed by atoms with Crippen molar-refractivity contribution in [1.29, 1.82) is 0 Å². The number of carbonyl (C=O) groups is 2. The highest BCUT2D eigenvalue weighted by Crippen LogP contribution is 2.26. The number of unbranched alkanes of at least 4 members (excludes halogenated alkanes) is 1. The highest BCUT2D eigenvalue weighted by Gasteiger charge is 2.12. The number of fused-ring (bicyclic) bond motifs is 1. The van der Waals surface area contributed by atoms with E-state index in [9.17, 15) is 9.59 Å². The number of aromatic nitrogens is 1. The van der Waals surface area contributed by atoms with Crippen molar-refractivity contribution < 1.29 is 24.2 Å². The Morgan fingerprint density at radius 3 is 2.38 bits per heavy atom. The van der Waals surface area contributed by atoms with E-state index >= 15 is 0 Å². The van der Waals surface area contributed by atoms with Crippen molar-refractivity contribution in [3.8, 4) is 11.5 Å². The number of ether oxygens (including phenoxy) is 2. The van der Waals surface area contributed by atoms with Crippen LogP contribution in [0.1, 0.15) is 65.2 Å². The summed E-state index contributed by atoms with van der Waals surface area (Å²) in [6.45, 7) is 7.35. The van der Waals surface area contributed by atoms with E-state index in [1.54, 1.807) is 6.92 Å². The van der Waals surface area contributed by atoms with E-state index in [0.717, 1.165) is 51.7 Å². The second kappa shape index (κ2) is 13.7. The molecule has 0 fully saturated rings. The number of benzene rings is 3. The number of ketones is 1. The summed E-state index contributed by atoms with van der Waals surface area (Å²) < 4.78 is 14.0. The number of Topliss-reactive ketones (excluding diaryl/α,β-unsaturated/α-hetero) is 1. The molecular weight excluding hydrogens is 502 g/mol. The Kier molecular flexibility index (Phi) is 9.79. The maximum atomic E-state index is 12.0. The third-order valence-electron chi connectivity index (χ3n) is 6.82. The van der Waals surface area contributed by atoms with Crippen LogP contribution in [0, 0.1) is 13.8 Å². The molecule has 0 saturated heterocycles. The molecule has 0 atom stereocenters. The van der Waals surface area contributed by atoms with Crippen molar-refractivity contribution in [2.75, 3.05) is 13.2 Å². The second-order valence-electron chi connectivity index (χ2n) is 10.1. The maximum absolute atomic E-state index is 12.0. The van der Waals surface area contributed by atoms with E-state index in [2.05, 4.69) is 34.9 Å². The van der Waals surface area contributed by atoms with Gasteiger partial charge in [0.25, 0.3) is 0 Å². The summed E-state index contributed by atoms with van der Waals surface area (Å²) in [6.07, 6.45) is 8.67. The largest absolute Gasteiger partial charge is 0.494 e. The zero-order chi connectivity index (χ0) is 28.5. The average molecular weight is 540 g/mol. The van der Waals surface area contributed by atoms with Gasteiger partial charge in [-0.25, -0.2) is 0 Å². The van der Waals surface area contributed by atoms with E-state index in [0.29, 0.717) is 37.5 Å². The van der Waals surface area contributed by atoms with Crippen molar-refractivity contribution in [3.05, 3.63) is 94.7 Å². The number of rotatable bonds is 14. The van der Waals surface area contributed by atoms with E-state index in [1.165, 1.54) is 0 Å². The van der Waals surface area contributed by atoms with Crippen LogP contribution >= 0.6 is 0 Å². The minimum absolute atomic E-state index is 0.0181. The van der Waals surface area contributed by atoms with Crippen LogP contribution in [-0.4, -0.2) is 34.6 Å². The third kappa shape index (κ3) is 7.63. The van der Waals surface area contributed by atoms with Gasteiger partial charge in [0.05, 0.1) is 18.8 Å². The summed E-state index contributed by atoms with van der Waals surface area (Å²) in [5.41, 5.74) is 5.99. The molecule has 4 rings (SSSR count). The summed E-state index contributed by atoms with van der Waals surface area (Å²) in [5.74, 6) is 0.767. The molecule has 0 bridgehead atoms. The van der Waals surface area contributed by atoms with Crippen molar-refractivity contribution in [2.24, 2.45) is 0 Å². The highest BCUT2D eigenvalue weighted by molar-refractivity contribution is 5.97. The van der Waals surface area contributed by atoms with E-state index < -0.39 is 5.97 Å². The van der Waals surface area contributed by atoms with Gasteiger partial charge in [0.1, 0.15) is 11.5 Å². The second-order valence-corrected chi connectivity index (χ2v) is 10.1. The standard InChI is InChI=1S/C34H37NO5/c1-24-22-25(2)34(31(23-24)26(3)36)40-21-5-4-20-39-29-15-12-27(13-16-29)11-14-28-8-6-9-32-30(28)17-19-35(32)18-7-10-33(37)38/h6,8-9,11-17,19,22-23H,4-5,7,10,18,20-21H2,1-3H3,(H,37,38). The molecule has 1 N–H and O–H groups in total. The summed E-state index contributed by atoms with van der Waals surface area (Å²) in [7, 11) is 0. The molecule has 0 aliphatic heterocycles. The Morgan fingerprint density at radius 2 is 1.65 bits per heavy atom. The Morgan fingerprint density at radius 1 is 0.900 bits per heavy atom. The maximum Gasteiger partial charge on any atom is 0.303 e. The molecule has 6 heteroatoms. The number of nitrogens with zero attached hydrogens (tertiary/aromatic N) is 1. The molecule has 208 valence electrons.